The van der Waals surface area contributed by atoms with E-state index in [0.717, 1.165) is 39.5 Å². The molecule has 2 aliphatic rings. The van der Waals surface area contributed by atoms with Crippen molar-refractivity contribution >= 4 is 17.1 Å². The van der Waals surface area contributed by atoms with Crippen molar-refractivity contribution in [1.82, 2.24) is 0 Å². The van der Waals surface area contributed by atoms with Crippen LogP contribution >= 0.6 is 0 Å². The number of fused-ring (bicyclic) bond motifs is 12. The highest BCUT2D eigenvalue weighted by molar-refractivity contribution is 6.01. The molecule has 67 heavy (non-hydrogen) atoms. The van der Waals surface area contributed by atoms with Gasteiger partial charge in [-0.3, -0.25) is 0 Å². The maximum absolute atomic E-state index is 5.73. The zero-order valence-corrected chi connectivity index (χ0v) is 36.7. The number of anilines is 3. The number of hydrogen-bond acceptors (Lipinski definition) is 2. The fraction of sp³-hybridized carbons (Fsp3) is 0.0154. The van der Waals surface area contributed by atoms with E-state index < -0.39 is 5.41 Å². The van der Waals surface area contributed by atoms with Gasteiger partial charge in [0.1, 0.15) is 5.76 Å². The summed E-state index contributed by atoms with van der Waals surface area (Å²) in [6.07, 6.45) is 1.72. The van der Waals surface area contributed by atoms with Gasteiger partial charge in [0.2, 0.25) is 0 Å². The lowest BCUT2D eigenvalue weighted by molar-refractivity contribution is 0.582. The molecule has 13 rings (SSSR count). The number of furan rings is 1. The Labute approximate surface area is 391 Å². The van der Waals surface area contributed by atoms with Gasteiger partial charge in [-0.05, 0) is 144 Å². The van der Waals surface area contributed by atoms with Crippen LogP contribution in [0.2, 0.25) is 0 Å². The van der Waals surface area contributed by atoms with Crippen LogP contribution in [0.4, 0.5) is 17.1 Å². The summed E-state index contributed by atoms with van der Waals surface area (Å²) in [5.74, 6) is 0.863. The van der Waals surface area contributed by atoms with E-state index in [4.69, 9.17) is 4.42 Å². The topological polar surface area (TPSA) is 16.4 Å². The van der Waals surface area contributed by atoms with E-state index in [1.165, 1.54) is 77.9 Å². The lowest BCUT2D eigenvalue weighted by Crippen LogP contribution is -2.29. The zero-order chi connectivity index (χ0) is 44.3. The minimum atomic E-state index is -0.525. The van der Waals surface area contributed by atoms with Gasteiger partial charge in [0.15, 0.2) is 0 Å². The SMILES string of the molecule is c1ccc(-c2ccc(N(c3ccc(-c4cccc(-c5ccco5)c4)cc3)c3ccc(-c4cccc5c4-c4ccccc4C54c5ccccc5-c5ccccc5-c5ccccc54)cc3)cc2)cc1. The number of benzene rings is 10. The van der Waals surface area contributed by atoms with Crippen LogP contribution in [0.25, 0.3) is 78.1 Å². The summed E-state index contributed by atoms with van der Waals surface area (Å²) in [5.41, 5.74) is 23.8. The molecule has 2 nitrogen and oxygen atoms in total. The van der Waals surface area contributed by atoms with E-state index in [1.54, 1.807) is 6.26 Å². The number of rotatable bonds is 7. The summed E-state index contributed by atoms with van der Waals surface area (Å²) in [6.45, 7) is 0. The lowest BCUT2D eigenvalue weighted by atomic mass is 9.66. The highest BCUT2D eigenvalue weighted by Crippen LogP contribution is 2.62. The van der Waals surface area contributed by atoms with E-state index in [-0.39, 0.29) is 0 Å². The van der Waals surface area contributed by atoms with Gasteiger partial charge in [0, 0.05) is 22.6 Å². The Hall–Kier alpha value is -8.72. The molecule has 0 radical (unpaired) electrons. The van der Waals surface area contributed by atoms with Crippen LogP contribution in [-0.2, 0) is 5.41 Å². The van der Waals surface area contributed by atoms with Crippen molar-refractivity contribution in [2.24, 2.45) is 0 Å². The highest BCUT2D eigenvalue weighted by Gasteiger charge is 2.50. The lowest BCUT2D eigenvalue weighted by Gasteiger charge is -2.35. The van der Waals surface area contributed by atoms with Crippen molar-refractivity contribution in [2.45, 2.75) is 5.41 Å². The molecule has 0 fully saturated rings. The van der Waals surface area contributed by atoms with E-state index >= 15 is 0 Å². The summed E-state index contributed by atoms with van der Waals surface area (Å²) < 4.78 is 5.73. The van der Waals surface area contributed by atoms with Crippen LogP contribution < -0.4 is 4.90 Å². The molecule has 1 spiro atoms. The first-order chi connectivity index (χ1) is 33.2. The fourth-order valence-electron chi connectivity index (χ4n) is 11.1. The molecule has 2 heteroatoms. The molecule has 1 aromatic heterocycles. The van der Waals surface area contributed by atoms with Gasteiger partial charge in [-0.2, -0.15) is 0 Å². The predicted octanol–water partition coefficient (Wildman–Crippen LogP) is 17.4. The molecule has 0 atom stereocenters. The normalized spacial score (nSPS) is 12.6. The largest absolute Gasteiger partial charge is 0.464 e. The monoisotopic (exact) mass is 853 g/mol. The van der Waals surface area contributed by atoms with Gasteiger partial charge in [-0.1, -0.05) is 200 Å². The van der Waals surface area contributed by atoms with Crippen LogP contribution in [-0.4, -0.2) is 0 Å². The smallest absolute Gasteiger partial charge is 0.133 e. The second kappa shape index (κ2) is 15.8. The Kier molecular flexibility index (Phi) is 9.11. The molecular weight excluding hydrogens is 811 g/mol. The van der Waals surface area contributed by atoms with Crippen LogP contribution in [0, 0.1) is 0 Å². The van der Waals surface area contributed by atoms with Crippen molar-refractivity contribution in [3.8, 4) is 78.1 Å². The summed E-state index contributed by atoms with van der Waals surface area (Å²) in [6, 6.07) is 93.3. The van der Waals surface area contributed by atoms with Crippen LogP contribution in [0.15, 0.2) is 265 Å². The average Bonchev–Trinajstić information content (AvgIpc) is 4.04. The third-order valence-electron chi connectivity index (χ3n) is 14.0. The molecule has 11 aromatic rings. The van der Waals surface area contributed by atoms with Gasteiger partial charge in [0.25, 0.3) is 0 Å². The first-order valence-corrected chi connectivity index (χ1v) is 23.1. The van der Waals surface area contributed by atoms with E-state index in [9.17, 15) is 0 Å². The van der Waals surface area contributed by atoms with Crippen molar-refractivity contribution in [3.05, 3.63) is 283 Å². The molecule has 1 heterocycles. The molecule has 2 aliphatic carbocycles. The van der Waals surface area contributed by atoms with Crippen molar-refractivity contribution in [1.29, 1.82) is 0 Å². The Morgan fingerprint density at radius 2 is 0.687 bits per heavy atom. The minimum absolute atomic E-state index is 0.525. The fourth-order valence-corrected chi connectivity index (χ4v) is 11.1. The van der Waals surface area contributed by atoms with Gasteiger partial charge in [-0.25, -0.2) is 0 Å². The Balaban J connectivity index is 0.940. The zero-order valence-electron chi connectivity index (χ0n) is 36.7. The van der Waals surface area contributed by atoms with Crippen molar-refractivity contribution in [2.75, 3.05) is 4.90 Å². The van der Waals surface area contributed by atoms with Gasteiger partial charge < -0.3 is 9.32 Å². The Morgan fingerprint density at radius 1 is 0.269 bits per heavy atom. The van der Waals surface area contributed by atoms with E-state index in [2.05, 4.69) is 248 Å². The van der Waals surface area contributed by atoms with Gasteiger partial charge in [-0.15, -0.1) is 0 Å². The average molecular weight is 854 g/mol. The third kappa shape index (κ3) is 6.18. The summed E-state index contributed by atoms with van der Waals surface area (Å²) in [4.78, 5) is 2.36. The van der Waals surface area contributed by atoms with Crippen molar-refractivity contribution in [3.63, 3.8) is 0 Å². The summed E-state index contributed by atoms with van der Waals surface area (Å²) in [5, 5.41) is 0. The van der Waals surface area contributed by atoms with Gasteiger partial charge >= 0.3 is 0 Å². The Bertz CT molecular complexity index is 3540. The molecule has 0 saturated heterocycles. The third-order valence-corrected chi connectivity index (χ3v) is 14.0. The van der Waals surface area contributed by atoms with Crippen LogP contribution in [0.5, 0.6) is 0 Å². The molecule has 0 saturated carbocycles. The second-order valence-corrected chi connectivity index (χ2v) is 17.6. The molecule has 10 aromatic carbocycles. The molecule has 0 unspecified atom stereocenters. The summed E-state index contributed by atoms with van der Waals surface area (Å²) in [7, 11) is 0. The van der Waals surface area contributed by atoms with Crippen LogP contribution in [0.3, 0.4) is 0 Å². The maximum atomic E-state index is 5.73. The minimum Gasteiger partial charge on any atom is -0.464 e. The first-order valence-electron chi connectivity index (χ1n) is 23.1. The number of hydrogen-bond donors (Lipinski definition) is 0. The quantitative estimate of drug-likeness (QED) is 0.159. The molecule has 0 amide bonds. The second-order valence-electron chi connectivity index (χ2n) is 17.6. The Morgan fingerprint density at radius 3 is 1.27 bits per heavy atom. The molecular formula is C65H43NO. The summed E-state index contributed by atoms with van der Waals surface area (Å²) >= 11 is 0. The molecule has 0 N–H and O–H groups in total. The van der Waals surface area contributed by atoms with E-state index in [1.807, 2.05) is 12.1 Å². The van der Waals surface area contributed by atoms with Crippen LogP contribution in [0.1, 0.15) is 22.3 Å². The molecule has 0 bridgehead atoms. The van der Waals surface area contributed by atoms with Crippen molar-refractivity contribution < 1.29 is 4.42 Å². The molecule has 314 valence electrons. The molecule has 0 aliphatic heterocycles. The first kappa shape index (κ1) is 38.7. The highest BCUT2D eigenvalue weighted by atomic mass is 16.3. The van der Waals surface area contributed by atoms with Gasteiger partial charge in [0.05, 0.1) is 11.7 Å². The predicted molar refractivity (Wildman–Crippen MR) is 277 cm³/mol. The number of nitrogens with zero attached hydrogens (tertiary/aromatic N) is 1. The van der Waals surface area contributed by atoms with E-state index in [0.29, 0.717) is 0 Å². The standard InChI is InChI=1S/C65H43NO/c1-2-15-44(16-3-1)45-30-36-50(37-31-45)66(51-38-32-46(33-39-51)48-17-12-18-49(43-48)63-29-14-42-67-63)52-40-34-47(35-41-52)53-24-13-28-62-64(53)58-23-8-11-27-61(58)65(62)59-25-9-6-21-56(59)54-19-4-5-20-55(54)57-22-7-10-26-60(57)65/h1-43H. The maximum Gasteiger partial charge on any atom is 0.133 e.